The van der Waals surface area contributed by atoms with Crippen molar-refractivity contribution >= 4 is 5.88 Å². The van der Waals surface area contributed by atoms with Gasteiger partial charge in [0.15, 0.2) is 5.76 Å². The largest absolute Gasteiger partial charge is 0.433 e. The molecule has 2 heterocycles. The molecule has 1 aromatic carbocycles. The Balaban J connectivity index is 1.94. The lowest BCUT2D eigenvalue weighted by atomic mass is 10.1. The fraction of sp³-hybridized carbons (Fsp3) is 0. The maximum Gasteiger partial charge on any atom is 0.433 e. The van der Waals surface area contributed by atoms with Gasteiger partial charge in [0.2, 0.25) is 5.76 Å². The Kier molecular flexibility index (Phi) is 2.60. The van der Waals surface area contributed by atoms with Crippen LogP contribution in [-0.4, -0.2) is 10.1 Å². The van der Waals surface area contributed by atoms with Crippen molar-refractivity contribution in [1.29, 1.82) is 0 Å². The minimum Gasteiger partial charge on any atom is -0.397 e. The van der Waals surface area contributed by atoms with E-state index >= 15 is 0 Å². The summed E-state index contributed by atoms with van der Waals surface area (Å²) in [6, 6.07) is 13.9. The molecule has 0 saturated heterocycles. The quantitative estimate of drug-likeness (QED) is 0.529. The van der Waals surface area contributed by atoms with Gasteiger partial charge in [-0.2, -0.15) is 0 Å². The Labute approximate surface area is 107 Å². The molecule has 6 nitrogen and oxygen atoms in total. The van der Waals surface area contributed by atoms with Gasteiger partial charge in [-0.05, 0) is 6.07 Å². The van der Waals surface area contributed by atoms with E-state index in [2.05, 4.69) is 5.16 Å². The standard InChI is InChI=1S/C13H8N2O4/c16-15(17)13-7-6-11(18-13)12-8-10(14-19-12)9-4-2-1-3-5-9/h1-8H. The average Bonchev–Trinajstić information content (AvgIpc) is 3.09. The first kappa shape index (κ1) is 11.2. The van der Waals surface area contributed by atoms with E-state index in [1.807, 2.05) is 30.3 Å². The third-order valence-corrected chi connectivity index (χ3v) is 2.59. The summed E-state index contributed by atoms with van der Waals surface area (Å²) in [4.78, 5) is 9.94. The van der Waals surface area contributed by atoms with Crippen LogP contribution in [-0.2, 0) is 0 Å². The molecule has 0 amide bonds. The van der Waals surface area contributed by atoms with E-state index in [1.165, 1.54) is 12.1 Å². The molecule has 0 N–H and O–H groups in total. The van der Waals surface area contributed by atoms with Crippen LogP contribution >= 0.6 is 0 Å². The third-order valence-electron chi connectivity index (χ3n) is 2.59. The number of hydrogen-bond acceptors (Lipinski definition) is 5. The van der Waals surface area contributed by atoms with Crippen LogP contribution in [0.25, 0.3) is 22.8 Å². The summed E-state index contributed by atoms with van der Waals surface area (Å²) < 4.78 is 10.2. The lowest BCUT2D eigenvalue weighted by Gasteiger charge is -1.91. The van der Waals surface area contributed by atoms with Gasteiger partial charge in [0.1, 0.15) is 10.6 Å². The van der Waals surface area contributed by atoms with Crippen molar-refractivity contribution in [2.45, 2.75) is 0 Å². The predicted molar refractivity (Wildman–Crippen MR) is 66.3 cm³/mol. The van der Waals surface area contributed by atoms with Gasteiger partial charge >= 0.3 is 5.88 Å². The Morgan fingerprint density at radius 1 is 1.05 bits per heavy atom. The van der Waals surface area contributed by atoms with E-state index in [-0.39, 0.29) is 11.6 Å². The van der Waals surface area contributed by atoms with Crippen LogP contribution in [0.15, 0.2) is 57.5 Å². The van der Waals surface area contributed by atoms with Crippen LogP contribution < -0.4 is 0 Å². The van der Waals surface area contributed by atoms with Gasteiger partial charge in [-0.3, -0.25) is 10.1 Å². The van der Waals surface area contributed by atoms with Crippen molar-refractivity contribution in [3.63, 3.8) is 0 Å². The second-order valence-electron chi connectivity index (χ2n) is 3.84. The maximum absolute atomic E-state index is 10.5. The number of nitro groups is 1. The molecule has 0 aliphatic rings. The number of hydrogen-bond donors (Lipinski definition) is 0. The van der Waals surface area contributed by atoms with Crippen molar-refractivity contribution < 1.29 is 13.9 Å². The zero-order chi connectivity index (χ0) is 13.2. The summed E-state index contributed by atoms with van der Waals surface area (Å²) in [6.45, 7) is 0. The highest BCUT2D eigenvalue weighted by Crippen LogP contribution is 2.29. The lowest BCUT2D eigenvalue weighted by Crippen LogP contribution is -1.82. The van der Waals surface area contributed by atoms with Gasteiger partial charge in [0.25, 0.3) is 0 Å². The highest BCUT2D eigenvalue weighted by molar-refractivity contribution is 5.64. The van der Waals surface area contributed by atoms with Crippen LogP contribution in [0.4, 0.5) is 5.88 Å². The molecule has 0 aliphatic heterocycles. The zero-order valence-electron chi connectivity index (χ0n) is 9.65. The van der Waals surface area contributed by atoms with E-state index < -0.39 is 4.92 Å². The molecule has 0 unspecified atom stereocenters. The molecule has 3 aromatic rings. The smallest absolute Gasteiger partial charge is 0.397 e. The maximum atomic E-state index is 10.5. The van der Waals surface area contributed by atoms with E-state index in [0.717, 1.165) is 5.56 Å². The summed E-state index contributed by atoms with van der Waals surface area (Å²) in [5.74, 6) is 0.306. The summed E-state index contributed by atoms with van der Waals surface area (Å²) in [5.41, 5.74) is 1.55. The highest BCUT2D eigenvalue weighted by Gasteiger charge is 2.16. The monoisotopic (exact) mass is 256 g/mol. The van der Waals surface area contributed by atoms with Gasteiger partial charge in [-0.25, -0.2) is 0 Å². The van der Waals surface area contributed by atoms with Crippen LogP contribution in [0.2, 0.25) is 0 Å². The van der Waals surface area contributed by atoms with Gasteiger partial charge in [-0.15, -0.1) is 0 Å². The SMILES string of the molecule is O=[N+]([O-])c1ccc(-c2cc(-c3ccccc3)no2)o1. The molecule has 6 heteroatoms. The Morgan fingerprint density at radius 3 is 2.53 bits per heavy atom. The summed E-state index contributed by atoms with van der Waals surface area (Å²) in [5, 5.41) is 14.4. The molecule has 2 aromatic heterocycles. The van der Waals surface area contributed by atoms with Crippen molar-refractivity contribution in [3.8, 4) is 22.8 Å². The number of furan rings is 1. The van der Waals surface area contributed by atoms with E-state index in [9.17, 15) is 10.1 Å². The van der Waals surface area contributed by atoms with Crippen molar-refractivity contribution in [3.05, 3.63) is 58.6 Å². The molecule has 0 aliphatic carbocycles. The second-order valence-corrected chi connectivity index (χ2v) is 3.84. The minimum atomic E-state index is -0.599. The fourth-order valence-electron chi connectivity index (χ4n) is 1.69. The van der Waals surface area contributed by atoms with Crippen LogP contribution in [0.5, 0.6) is 0 Å². The predicted octanol–water partition coefficient (Wildman–Crippen LogP) is 3.51. The summed E-state index contributed by atoms with van der Waals surface area (Å²) in [7, 11) is 0. The van der Waals surface area contributed by atoms with E-state index in [4.69, 9.17) is 8.94 Å². The van der Waals surface area contributed by atoms with Crippen molar-refractivity contribution in [2.24, 2.45) is 0 Å². The number of benzene rings is 1. The summed E-state index contributed by atoms with van der Waals surface area (Å²) in [6.07, 6.45) is 0. The molecule has 0 bridgehead atoms. The number of rotatable bonds is 3. The lowest BCUT2D eigenvalue weighted by molar-refractivity contribution is -0.401. The Morgan fingerprint density at radius 2 is 1.84 bits per heavy atom. The fourth-order valence-corrected chi connectivity index (χ4v) is 1.69. The van der Waals surface area contributed by atoms with Gasteiger partial charge < -0.3 is 8.94 Å². The molecule has 0 spiro atoms. The topological polar surface area (TPSA) is 82.3 Å². The molecule has 0 radical (unpaired) electrons. The van der Waals surface area contributed by atoms with Crippen LogP contribution in [0.1, 0.15) is 0 Å². The van der Waals surface area contributed by atoms with Gasteiger partial charge in [-0.1, -0.05) is 35.5 Å². The minimum absolute atomic E-state index is 0.279. The van der Waals surface area contributed by atoms with E-state index in [0.29, 0.717) is 11.5 Å². The number of aromatic nitrogens is 1. The Bertz CT molecular complexity index is 715. The molecule has 0 fully saturated rings. The molecule has 94 valence electrons. The molecule has 19 heavy (non-hydrogen) atoms. The van der Waals surface area contributed by atoms with Gasteiger partial charge in [0, 0.05) is 11.6 Å². The highest BCUT2D eigenvalue weighted by atomic mass is 16.6. The first-order chi connectivity index (χ1) is 9.24. The molecule has 3 rings (SSSR count). The van der Waals surface area contributed by atoms with Crippen molar-refractivity contribution in [1.82, 2.24) is 5.16 Å². The molecule has 0 saturated carbocycles. The molecular weight excluding hydrogens is 248 g/mol. The normalized spacial score (nSPS) is 10.5. The van der Waals surface area contributed by atoms with Gasteiger partial charge in [0.05, 0.1) is 6.07 Å². The first-order valence-electron chi connectivity index (χ1n) is 5.51. The van der Waals surface area contributed by atoms with Crippen LogP contribution in [0.3, 0.4) is 0 Å². The summed E-state index contributed by atoms with van der Waals surface area (Å²) >= 11 is 0. The van der Waals surface area contributed by atoms with Crippen LogP contribution in [0, 0.1) is 10.1 Å². The first-order valence-corrected chi connectivity index (χ1v) is 5.51. The average molecular weight is 256 g/mol. The Hall–Kier alpha value is -2.89. The van der Waals surface area contributed by atoms with E-state index in [1.54, 1.807) is 6.07 Å². The number of nitrogens with zero attached hydrogens (tertiary/aromatic N) is 2. The second kappa shape index (κ2) is 4.41. The molecular formula is C13H8N2O4. The van der Waals surface area contributed by atoms with Crippen molar-refractivity contribution in [2.75, 3.05) is 0 Å². The molecule has 0 atom stereocenters. The third kappa shape index (κ3) is 2.11. The zero-order valence-corrected chi connectivity index (χ0v) is 9.65.